The molecule has 0 aliphatic carbocycles. The van der Waals surface area contributed by atoms with Crippen molar-refractivity contribution in [3.8, 4) is 0 Å². The molecule has 36 heavy (non-hydrogen) atoms. The van der Waals surface area contributed by atoms with Crippen LogP contribution in [-0.4, -0.2) is 25.2 Å². The number of amides is 4. The highest BCUT2D eigenvalue weighted by molar-refractivity contribution is 6.04. The zero-order chi connectivity index (χ0) is 25.1. The van der Waals surface area contributed by atoms with Crippen LogP contribution in [0.2, 0.25) is 0 Å². The first-order valence-electron chi connectivity index (χ1n) is 13.1. The maximum absolute atomic E-state index is 13.2. The molecule has 5 rings (SSSR count). The molecule has 0 radical (unpaired) electrons. The van der Waals surface area contributed by atoms with Crippen LogP contribution in [0, 0.1) is 0 Å². The van der Waals surface area contributed by atoms with Gasteiger partial charge >= 0.3 is 12.1 Å². The molecule has 4 amide bonds. The summed E-state index contributed by atoms with van der Waals surface area (Å²) in [7, 11) is 0. The quantitative estimate of drug-likeness (QED) is 0.430. The van der Waals surface area contributed by atoms with Gasteiger partial charge in [0.05, 0.1) is 0 Å². The standard InChI is InChI=1S/C30H34N4O2/c1-3-21-12-14-27-23(18-21)8-6-16-33(27)29(35)31-25-10-5-11-26(20-25)32-30(36)34-17-7-9-24-19-22(4-2)13-15-28(24)34/h5,10-15,18-20H,3-4,6-9,16-17H2,1-2H3,(H,31,35)(H,32,36). The third-order valence-electron chi connectivity index (χ3n) is 7.20. The van der Waals surface area contributed by atoms with E-state index in [9.17, 15) is 9.59 Å². The van der Waals surface area contributed by atoms with Gasteiger partial charge in [-0.15, -0.1) is 0 Å². The van der Waals surface area contributed by atoms with Crippen LogP contribution < -0.4 is 20.4 Å². The molecule has 186 valence electrons. The highest BCUT2D eigenvalue weighted by Crippen LogP contribution is 2.31. The van der Waals surface area contributed by atoms with Crippen molar-refractivity contribution in [2.45, 2.75) is 52.4 Å². The van der Waals surface area contributed by atoms with E-state index in [1.165, 1.54) is 22.3 Å². The Kier molecular flexibility index (Phi) is 6.94. The number of rotatable bonds is 4. The van der Waals surface area contributed by atoms with E-state index >= 15 is 0 Å². The summed E-state index contributed by atoms with van der Waals surface area (Å²) < 4.78 is 0. The summed E-state index contributed by atoms with van der Waals surface area (Å²) in [6.07, 6.45) is 5.85. The third kappa shape index (κ3) is 4.94. The number of carbonyl (C=O) groups is 2. The number of anilines is 4. The number of hydrogen-bond donors (Lipinski definition) is 2. The lowest BCUT2D eigenvalue weighted by Gasteiger charge is -2.30. The van der Waals surface area contributed by atoms with E-state index < -0.39 is 0 Å². The average molecular weight is 483 g/mol. The van der Waals surface area contributed by atoms with Crippen LogP contribution in [0.4, 0.5) is 32.3 Å². The molecule has 2 aliphatic rings. The lowest BCUT2D eigenvalue weighted by molar-refractivity contribution is 0.256. The normalized spacial score (nSPS) is 14.6. The average Bonchev–Trinajstić information content (AvgIpc) is 2.91. The van der Waals surface area contributed by atoms with E-state index in [2.05, 4.69) is 60.9 Å². The lowest BCUT2D eigenvalue weighted by Crippen LogP contribution is -2.39. The Morgan fingerprint density at radius 1 is 0.694 bits per heavy atom. The molecule has 2 N–H and O–H groups in total. The smallest absolute Gasteiger partial charge is 0.307 e. The molecule has 0 aromatic heterocycles. The molecule has 0 fully saturated rings. The number of hydrogen-bond acceptors (Lipinski definition) is 2. The molecule has 0 saturated carbocycles. The van der Waals surface area contributed by atoms with Gasteiger partial charge in [0.15, 0.2) is 0 Å². The largest absolute Gasteiger partial charge is 0.326 e. The molecule has 6 nitrogen and oxygen atoms in total. The van der Waals surface area contributed by atoms with Gasteiger partial charge in [-0.05, 0) is 91.1 Å². The number of fused-ring (bicyclic) bond motifs is 2. The van der Waals surface area contributed by atoms with Gasteiger partial charge in [0.25, 0.3) is 0 Å². The number of aryl methyl sites for hydroxylation is 4. The molecule has 6 heteroatoms. The fraction of sp³-hybridized carbons (Fsp3) is 0.333. The van der Waals surface area contributed by atoms with Gasteiger partial charge in [0.2, 0.25) is 0 Å². The van der Waals surface area contributed by atoms with Gasteiger partial charge in [0, 0.05) is 35.8 Å². The summed E-state index contributed by atoms with van der Waals surface area (Å²) in [4.78, 5) is 30.0. The Labute approximate surface area is 213 Å². The van der Waals surface area contributed by atoms with E-state index in [0.717, 1.165) is 49.9 Å². The fourth-order valence-electron chi connectivity index (χ4n) is 5.22. The predicted molar refractivity (Wildman–Crippen MR) is 147 cm³/mol. The SMILES string of the molecule is CCc1ccc2c(c1)CCCN2C(=O)Nc1cccc(NC(=O)N2CCCc3cc(CC)ccc32)c1. The molecule has 3 aromatic carbocycles. The van der Waals surface area contributed by atoms with E-state index in [1.54, 1.807) is 0 Å². The van der Waals surface area contributed by atoms with Crippen molar-refractivity contribution >= 4 is 34.8 Å². The minimum absolute atomic E-state index is 0.152. The van der Waals surface area contributed by atoms with Gasteiger partial charge in [-0.2, -0.15) is 0 Å². The topological polar surface area (TPSA) is 64.7 Å². The predicted octanol–water partition coefficient (Wildman–Crippen LogP) is 6.78. The van der Waals surface area contributed by atoms with E-state index in [0.29, 0.717) is 24.5 Å². The molecule has 0 spiro atoms. The maximum atomic E-state index is 13.2. The van der Waals surface area contributed by atoms with Crippen molar-refractivity contribution in [2.24, 2.45) is 0 Å². The summed E-state index contributed by atoms with van der Waals surface area (Å²) in [5.41, 5.74) is 8.31. The molecule has 0 atom stereocenters. The number of carbonyl (C=O) groups excluding carboxylic acids is 2. The van der Waals surface area contributed by atoms with E-state index in [4.69, 9.17) is 0 Å². The summed E-state index contributed by atoms with van der Waals surface area (Å²) in [5.74, 6) is 0. The van der Waals surface area contributed by atoms with Crippen LogP contribution in [0.1, 0.15) is 48.9 Å². The van der Waals surface area contributed by atoms with Crippen molar-refractivity contribution in [3.63, 3.8) is 0 Å². The lowest BCUT2D eigenvalue weighted by atomic mass is 9.98. The maximum Gasteiger partial charge on any atom is 0.326 e. The van der Waals surface area contributed by atoms with Gasteiger partial charge in [-0.3, -0.25) is 9.80 Å². The zero-order valence-electron chi connectivity index (χ0n) is 21.1. The number of urea groups is 2. The Morgan fingerprint density at radius 2 is 1.17 bits per heavy atom. The highest BCUT2D eigenvalue weighted by atomic mass is 16.2. The first-order chi connectivity index (χ1) is 17.6. The summed E-state index contributed by atoms with van der Waals surface area (Å²) in [5, 5.41) is 6.05. The number of nitrogens with one attached hydrogen (secondary N) is 2. The minimum atomic E-state index is -0.152. The molecule has 0 unspecified atom stereocenters. The first kappa shape index (κ1) is 23.9. The van der Waals surface area contributed by atoms with Gasteiger partial charge in [0.1, 0.15) is 0 Å². The number of nitrogens with zero attached hydrogens (tertiary/aromatic N) is 2. The van der Waals surface area contributed by atoms with E-state index in [1.807, 2.05) is 34.1 Å². The minimum Gasteiger partial charge on any atom is -0.307 e. The third-order valence-corrected chi connectivity index (χ3v) is 7.20. The Bertz CT molecular complexity index is 1190. The summed E-state index contributed by atoms with van der Waals surface area (Å²) >= 11 is 0. The second kappa shape index (κ2) is 10.4. The van der Waals surface area contributed by atoms with Crippen LogP contribution in [0.25, 0.3) is 0 Å². The second-order valence-electron chi connectivity index (χ2n) is 9.58. The van der Waals surface area contributed by atoms with Crippen LogP contribution in [0.5, 0.6) is 0 Å². The molecule has 0 bridgehead atoms. The van der Waals surface area contributed by atoms with Crippen molar-refractivity contribution in [1.29, 1.82) is 0 Å². The Morgan fingerprint density at radius 3 is 1.61 bits per heavy atom. The van der Waals surface area contributed by atoms with Crippen molar-refractivity contribution in [1.82, 2.24) is 0 Å². The van der Waals surface area contributed by atoms with Gasteiger partial charge in [-0.25, -0.2) is 9.59 Å². The first-order valence-corrected chi connectivity index (χ1v) is 13.1. The van der Waals surface area contributed by atoms with Gasteiger partial charge in [-0.1, -0.05) is 44.2 Å². The van der Waals surface area contributed by atoms with Gasteiger partial charge < -0.3 is 10.6 Å². The van der Waals surface area contributed by atoms with Crippen molar-refractivity contribution in [2.75, 3.05) is 33.5 Å². The molecule has 0 saturated heterocycles. The Balaban J connectivity index is 1.28. The highest BCUT2D eigenvalue weighted by Gasteiger charge is 2.24. The van der Waals surface area contributed by atoms with Crippen LogP contribution in [0.15, 0.2) is 60.7 Å². The zero-order valence-corrected chi connectivity index (χ0v) is 21.1. The second-order valence-corrected chi connectivity index (χ2v) is 9.58. The monoisotopic (exact) mass is 482 g/mol. The number of benzene rings is 3. The molecular weight excluding hydrogens is 448 g/mol. The molecular formula is C30H34N4O2. The summed E-state index contributed by atoms with van der Waals surface area (Å²) in [6.45, 7) is 5.67. The molecule has 2 aliphatic heterocycles. The Hall–Kier alpha value is -3.80. The van der Waals surface area contributed by atoms with Crippen LogP contribution in [-0.2, 0) is 25.7 Å². The van der Waals surface area contributed by atoms with E-state index in [-0.39, 0.29) is 12.1 Å². The fourth-order valence-corrected chi connectivity index (χ4v) is 5.22. The molecule has 2 heterocycles. The van der Waals surface area contributed by atoms with Crippen LogP contribution in [0.3, 0.4) is 0 Å². The van der Waals surface area contributed by atoms with Crippen LogP contribution >= 0.6 is 0 Å². The molecule has 3 aromatic rings. The van der Waals surface area contributed by atoms with Crippen molar-refractivity contribution < 1.29 is 9.59 Å². The van der Waals surface area contributed by atoms with Crippen molar-refractivity contribution in [3.05, 3.63) is 82.9 Å². The summed E-state index contributed by atoms with van der Waals surface area (Å²) in [6, 6.07) is 19.8.